The highest BCUT2D eigenvalue weighted by Crippen LogP contribution is 2.37. The Hall–Kier alpha value is -1.14. The summed E-state index contributed by atoms with van der Waals surface area (Å²) in [5.41, 5.74) is 6.49. The fraction of sp³-hybridized carbons (Fsp3) is 0.643. The van der Waals surface area contributed by atoms with Gasteiger partial charge in [0.2, 0.25) is 0 Å². The molecule has 1 aliphatic rings. The van der Waals surface area contributed by atoms with E-state index in [2.05, 4.69) is 9.97 Å². The van der Waals surface area contributed by atoms with E-state index in [4.69, 9.17) is 10.5 Å². The highest BCUT2D eigenvalue weighted by molar-refractivity contribution is 7.99. The fourth-order valence-corrected chi connectivity index (χ4v) is 3.55. The number of aromatic nitrogens is 2. The summed E-state index contributed by atoms with van der Waals surface area (Å²) in [7, 11) is 1.40. The molecule has 5 nitrogen and oxygen atoms in total. The van der Waals surface area contributed by atoms with Crippen LogP contribution in [0.15, 0.2) is 17.6 Å². The van der Waals surface area contributed by atoms with E-state index in [0.29, 0.717) is 0 Å². The maximum absolute atomic E-state index is 11.8. The van der Waals surface area contributed by atoms with Gasteiger partial charge in [-0.25, -0.2) is 9.97 Å². The molecule has 1 aliphatic carbocycles. The zero-order chi connectivity index (χ0) is 14.6. The van der Waals surface area contributed by atoms with Crippen LogP contribution in [-0.4, -0.2) is 34.3 Å². The number of carbonyl (C=O) groups excluding carboxylic acids is 1. The van der Waals surface area contributed by atoms with Crippen LogP contribution in [0.2, 0.25) is 0 Å². The summed E-state index contributed by atoms with van der Waals surface area (Å²) in [5, 5.41) is 0.772. The van der Waals surface area contributed by atoms with Gasteiger partial charge in [0.05, 0.1) is 7.11 Å². The third-order valence-electron chi connectivity index (χ3n) is 3.89. The number of esters is 1. The maximum atomic E-state index is 11.8. The molecule has 2 unspecified atom stereocenters. The molecule has 0 spiro atoms. The number of aryl methyl sites for hydroxylation is 1. The van der Waals surface area contributed by atoms with Crippen LogP contribution in [0.3, 0.4) is 0 Å². The third-order valence-corrected chi connectivity index (χ3v) is 4.80. The van der Waals surface area contributed by atoms with Crippen LogP contribution in [-0.2, 0) is 9.53 Å². The van der Waals surface area contributed by atoms with Crippen LogP contribution < -0.4 is 5.73 Å². The summed E-state index contributed by atoms with van der Waals surface area (Å²) in [6.07, 6.45) is 7.20. The first-order chi connectivity index (χ1) is 9.56. The zero-order valence-corrected chi connectivity index (χ0v) is 12.8. The highest BCUT2D eigenvalue weighted by Gasteiger charge is 2.46. The number of nitrogens with two attached hydrogens (primary N) is 1. The van der Waals surface area contributed by atoms with Crippen LogP contribution in [0, 0.1) is 12.8 Å². The van der Waals surface area contributed by atoms with E-state index in [1.807, 2.05) is 19.3 Å². The van der Waals surface area contributed by atoms with Crippen molar-refractivity contribution in [3.8, 4) is 0 Å². The predicted octanol–water partition coefficient (Wildman–Crippen LogP) is 1.94. The Morgan fingerprint density at radius 1 is 1.55 bits per heavy atom. The number of ether oxygens (including phenoxy) is 1. The first kappa shape index (κ1) is 15.3. The van der Waals surface area contributed by atoms with Crippen molar-refractivity contribution < 1.29 is 9.53 Å². The number of thioether (sulfide) groups is 1. The Bertz CT molecular complexity index is 466. The second-order valence-corrected chi connectivity index (χ2v) is 6.36. The fourth-order valence-electron chi connectivity index (χ4n) is 2.71. The minimum Gasteiger partial charge on any atom is -0.468 e. The van der Waals surface area contributed by atoms with Gasteiger partial charge in [-0.15, -0.1) is 0 Å². The summed E-state index contributed by atoms with van der Waals surface area (Å²) >= 11 is 1.61. The van der Waals surface area contributed by atoms with Crippen molar-refractivity contribution in [3.05, 3.63) is 18.0 Å². The van der Waals surface area contributed by atoms with Gasteiger partial charge in [0.1, 0.15) is 5.54 Å². The maximum Gasteiger partial charge on any atom is 0.326 e. The molecule has 1 aromatic rings. The average Bonchev–Trinajstić information content (AvgIpc) is 2.83. The molecule has 0 aliphatic heterocycles. The summed E-state index contributed by atoms with van der Waals surface area (Å²) in [6.45, 7) is 1.96. The normalized spacial score (nSPS) is 25.6. The molecule has 1 saturated carbocycles. The van der Waals surface area contributed by atoms with Crippen molar-refractivity contribution in [2.24, 2.45) is 11.7 Å². The molecule has 0 aromatic carbocycles. The molecule has 2 rings (SSSR count). The molecule has 0 bridgehead atoms. The molecular formula is C14H21N3O2S. The summed E-state index contributed by atoms with van der Waals surface area (Å²) in [5.74, 6) is 0.772. The van der Waals surface area contributed by atoms with Crippen molar-refractivity contribution >= 4 is 17.7 Å². The standard InChI is InChI=1S/C14H21N3O2S/c1-10-8-16-13(17-9-10)20-7-5-11-4-3-6-14(11,15)12(18)19-2/h8-9,11H,3-7,15H2,1-2H3. The lowest BCUT2D eigenvalue weighted by Gasteiger charge is -2.28. The van der Waals surface area contributed by atoms with Crippen molar-refractivity contribution in [1.29, 1.82) is 0 Å². The first-order valence-electron chi connectivity index (χ1n) is 6.85. The lowest BCUT2D eigenvalue weighted by atomic mass is 9.86. The minimum atomic E-state index is -0.802. The van der Waals surface area contributed by atoms with Gasteiger partial charge in [-0.05, 0) is 37.7 Å². The molecule has 0 saturated heterocycles. The van der Waals surface area contributed by atoms with Crippen LogP contribution in [0.5, 0.6) is 0 Å². The SMILES string of the molecule is COC(=O)C1(N)CCCC1CCSc1ncc(C)cn1. The number of hydrogen-bond acceptors (Lipinski definition) is 6. The first-order valence-corrected chi connectivity index (χ1v) is 7.83. The molecule has 6 heteroatoms. The van der Waals surface area contributed by atoms with E-state index in [1.165, 1.54) is 7.11 Å². The van der Waals surface area contributed by atoms with Crippen LogP contribution in [0.4, 0.5) is 0 Å². The second kappa shape index (κ2) is 6.54. The van der Waals surface area contributed by atoms with E-state index >= 15 is 0 Å². The van der Waals surface area contributed by atoms with Crippen LogP contribution >= 0.6 is 11.8 Å². The van der Waals surface area contributed by atoms with Gasteiger partial charge in [-0.3, -0.25) is 4.79 Å². The summed E-state index contributed by atoms with van der Waals surface area (Å²) in [6, 6.07) is 0. The van der Waals surface area contributed by atoms with Gasteiger partial charge in [-0.1, -0.05) is 18.2 Å². The zero-order valence-electron chi connectivity index (χ0n) is 12.0. The number of carbonyl (C=O) groups is 1. The van der Waals surface area contributed by atoms with Gasteiger partial charge < -0.3 is 10.5 Å². The minimum absolute atomic E-state index is 0.188. The molecule has 2 N–H and O–H groups in total. The van der Waals surface area contributed by atoms with E-state index < -0.39 is 5.54 Å². The highest BCUT2D eigenvalue weighted by atomic mass is 32.2. The Balaban J connectivity index is 1.87. The Morgan fingerprint density at radius 2 is 2.25 bits per heavy atom. The van der Waals surface area contributed by atoms with E-state index in [0.717, 1.165) is 42.2 Å². The van der Waals surface area contributed by atoms with Gasteiger partial charge in [0.15, 0.2) is 5.16 Å². The molecule has 1 heterocycles. The predicted molar refractivity (Wildman–Crippen MR) is 78.4 cm³/mol. The van der Waals surface area contributed by atoms with Gasteiger partial charge in [0.25, 0.3) is 0 Å². The third kappa shape index (κ3) is 3.30. The van der Waals surface area contributed by atoms with Crippen LogP contribution in [0.25, 0.3) is 0 Å². The molecule has 1 aromatic heterocycles. The lowest BCUT2D eigenvalue weighted by molar-refractivity contribution is -0.148. The largest absolute Gasteiger partial charge is 0.468 e. The second-order valence-electron chi connectivity index (χ2n) is 5.30. The molecule has 20 heavy (non-hydrogen) atoms. The molecule has 110 valence electrons. The van der Waals surface area contributed by atoms with Crippen molar-refractivity contribution in [3.63, 3.8) is 0 Å². The van der Waals surface area contributed by atoms with Crippen molar-refractivity contribution in [2.45, 2.75) is 43.3 Å². The summed E-state index contributed by atoms with van der Waals surface area (Å²) < 4.78 is 4.85. The Kier molecular flexibility index (Phi) is 4.99. The van der Waals surface area contributed by atoms with Crippen molar-refractivity contribution in [2.75, 3.05) is 12.9 Å². The molecule has 0 radical (unpaired) electrons. The summed E-state index contributed by atoms with van der Waals surface area (Å²) in [4.78, 5) is 20.4. The number of rotatable bonds is 5. The monoisotopic (exact) mass is 295 g/mol. The van der Waals surface area contributed by atoms with Crippen LogP contribution in [0.1, 0.15) is 31.2 Å². The van der Waals surface area contributed by atoms with Gasteiger partial charge in [-0.2, -0.15) is 0 Å². The lowest BCUT2D eigenvalue weighted by Crippen LogP contribution is -2.51. The van der Waals surface area contributed by atoms with E-state index in [-0.39, 0.29) is 11.9 Å². The quantitative estimate of drug-likeness (QED) is 0.508. The molecular weight excluding hydrogens is 274 g/mol. The average molecular weight is 295 g/mol. The Morgan fingerprint density at radius 3 is 2.90 bits per heavy atom. The Labute approximate surface area is 123 Å². The van der Waals surface area contributed by atoms with Gasteiger partial charge in [0, 0.05) is 18.1 Å². The van der Waals surface area contributed by atoms with E-state index in [9.17, 15) is 4.79 Å². The molecule has 0 amide bonds. The van der Waals surface area contributed by atoms with Crippen molar-refractivity contribution in [1.82, 2.24) is 9.97 Å². The number of methoxy groups -OCH3 is 1. The number of nitrogens with zero attached hydrogens (tertiary/aromatic N) is 2. The topological polar surface area (TPSA) is 78.1 Å². The molecule has 2 atom stereocenters. The van der Waals surface area contributed by atoms with Gasteiger partial charge >= 0.3 is 5.97 Å². The number of hydrogen-bond donors (Lipinski definition) is 1. The van der Waals surface area contributed by atoms with E-state index in [1.54, 1.807) is 11.8 Å². The smallest absolute Gasteiger partial charge is 0.326 e. The molecule has 1 fully saturated rings.